The van der Waals surface area contributed by atoms with E-state index < -0.39 is 32.5 Å². The first-order valence-corrected chi connectivity index (χ1v) is 16.2. The normalized spacial score (nSPS) is 11.4. The van der Waals surface area contributed by atoms with E-state index in [9.17, 15) is 21.6 Å². The average Bonchev–Trinajstić information content (AvgIpc) is 3.00. The fourth-order valence-electron chi connectivity index (χ4n) is 4.28. The molecule has 0 atom stereocenters. The second-order valence-electron chi connectivity index (χ2n) is 9.75. The minimum Gasteiger partial charge on any atom is -0.495 e. The number of carbonyl (C=O) groups excluding carboxylic acids is 1. The zero-order chi connectivity index (χ0) is 32.1. The van der Waals surface area contributed by atoms with Crippen molar-refractivity contribution in [2.75, 3.05) is 42.2 Å². The summed E-state index contributed by atoms with van der Waals surface area (Å²) in [6.07, 6.45) is 0. The van der Waals surface area contributed by atoms with Crippen LogP contribution in [0.5, 0.6) is 17.2 Å². The van der Waals surface area contributed by atoms with E-state index in [-0.39, 0.29) is 32.6 Å². The van der Waals surface area contributed by atoms with Crippen LogP contribution in [-0.2, 0) is 24.8 Å². The molecular weight excluding hydrogens is 606 g/mol. The lowest BCUT2D eigenvalue weighted by Gasteiger charge is -2.24. The summed E-state index contributed by atoms with van der Waals surface area (Å²) in [7, 11) is -3.94. The van der Waals surface area contributed by atoms with E-state index in [1.54, 1.807) is 42.5 Å². The Kier molecular flexibility index (Phi) is 9.70. The molecule has 4 aromatic carbocycles. The van der Waals surface area contributed by atoms with Gasteiger partial charge in [-0.1, -0.05) is 23.8 Å². The fourth-order valence-corrected chi connectivity index (χ4v) is 6.78. The van der Waals surface area contributed by atoms with Crippen LogP contribution in [-0.4, -0.2) is 50.6 Å². The Morgan fingerprint density at radius 3 is 1.86 bits per heavy atom. The Labute approximate surface area is 257 Å². The molecule has 13 heteroatoms. The maximum absolute atomic E-state index is 13.8. The Balaban J connectivity index is 1.56. The Morgan fingerprint density at radius 1 is 0.682 bits per heavy atom. The van der Waals surface area contributed by atoms with E-state index in [0.717, 1.165) is 15.4 Å². The van der Waals surface area contributed by atoms with Gasteiger partial charge in [0.2, 0.25) is 5.91 Å². The molecule has 1 amide bonds. The van der Waals surface area contributed by atoms with Crippen molar-refractivity contribution in [1.29, 1.82) is 0 Å². The monoisotopic (exact) mass is 639 g/mol. The molecule has 0 aliphatic carbocycles. The van der Waals surface area contributed by atoms with Gasteiger partial charge in [0.05, 0.1) is 42.5 Å². The molecule has 0 saturated carbocycles. The number of rotatable bonds is 12. The predicted molar refractivity (Wildman–Crippen MR) is 169 cm³/mol. The van der Waals surface area contributed by atoms with Crippen LogP contribution < -0.4 is 28.6 Å². The first-order valence-electron chi connectivity index (χ1n) is 13.3. The van der Waals surface area contributed by atoms with Crippen molar-refractivity contribution >= 4 is 43.0 Å². The number of nitrogens with one attached hydrogen (secondary N) is 2. The van der Waals surface area contributed by atoms with Gasteiger partial charge in [-0.3, -0.25) is 13.8 Å². The highest BCUT2D eigenvalue weighted by molar-refractivity contribution is 7.93. The highest BCUT2D eigenvalue weighted by atomic mass is 32.2. The first-order chi connectivity index (χ1) is 20.9. The van der Waals surface area contributed by atoms with Gasteiger partial charge in [0.25, 0.3) is 20.0 Å². The van der Waals surface area contributed by atoms with Gasteiger partial charge in [0.1, 0.15) is 12.3 Å². The molecule has 4 rings (SSSR count). The molecule has 0 radical (unpaired) electrons. The molecule has 0 spiro atoms. The van der Waals surface area contributed by atoms with Gasteiger partial charge < -0.3 is 19.5 Å². The lowest BCUT2D eigenvalue weighted by atomic mass is 10.2. The van der Waals surface area contributed by atoms with Crippen LogP contribution in [0.25, 0.3) is 0 Å². The quantitative estimate of drug-likeness (QED) is 0.222. The molecule has 0 bridgehead atoms. The van der Waals surface area contributed by atoms with E-state index in [0.29, 0.717) is 11.5 Å². The minimum atomic E-state index is -4.24. The molecule has 11 nitrogen and oxygen atoms in total. The van der Waals surface area contributed by atoms with E-state index in [1.165, 1.54) is 63.8 Å². The molecule has 0 fully saturated rings. The largest absolute Gasteiger partial charge is 0.495 e. The summed E-state index contributed by atoms with van der Waals surface area (Å²) in [5, 5.41) is 2.65. The highest BCUT2D eigenvalue weighted by Crippen LogP contribution is 2.32. The van der Waals surface area contributed by atoms with Crippen LogP contribution in [0, 0.1) is 13.8 Å². The zero-order valence-electron chi connectivity index (χ0n) is 24.8. The van der Waals surface area contributed by atoms with Gasteiger partial charge in [0, 0.05) is 11.8 Å². The van der Waals surface area contributed by atoms with Crippen molar-refractivity contribution in [3.63, 3.8) is 0 Å². The molecule has 44 heavy (non-hydrogen) atoms. The smallest absolute Gasteiger partial charge is 0.264 e. The summed E-state index contributed by atoms with van der Waals surface area (Å²) in [4.78, 5) is 13.0. The molecule has 0 saturated heterocycles. The number of hydrogen-bond donors (Lipinski definition) is 2. The van der Waals surface area contributed by atoms with Crippen LogP contribution in [0.1, 0.15) is 11.1 Å². The SMILES string of the molecule is COc1ccc(C)cc1NS(=O)(=O)c1ccc(NC(=O)CN(c2ccc(C)cc2)S(=O)(=O)c2ccc(OC)c(OC)c2)cc1. The van der Waals surface area contributed by atoms with Gasteiger partial charge in [-0.25, -0.2) is 16.8 Å². The van der Waals surface area contributed by atoms with Crippen LogP contribution in [0.4, 0.5) is 17.1 Å². The third-order valence-corrected chi connectivity index (χ3v) is 9.75. The lowest BCUT2D eigenvalue weighted by molar-refractivity contribution is -0.114. The van der Waals surface area contributed by atoms with E-state index in [2.05, 4.69) is 10.0 Å². The van der Waals surface area contributed by atoms with Gasteiger partial charge in [-0.2, -0.15) is 0 Å². The lowest BCUT2D eigenvalue weighted by Crippen LogP contribution is -2.38. The van der Waals surface area contributed by atoms with Gasteiger partial charge in [0.15, 0.2) is 11.5 Å². The molecule has 2 N–H and O–H groups in total. The van der Waals surface area contributed by atoms with Crippen LogP contribution in [0.3, 0.4) is 0 Å². The molecule has 0 aliphatic heterocycles. The summed E-state index contributed by atoms with van der Waals surface area (Å²) < 4.78 is 72.9. The van der Waals surface area contributed by atoms with Gasteiger partial charge in [-0.15, -0.1) is 0 Å². The number of benzene rings is 4. The van der Waals surface area contributed by atoms with E-state index >= 15 is 0 Å². The summed E-state index contributed by atoms with van der Waals surface area (Å²) in [5.41, 5.74) is 2.59. The number of anilines is 3. The summed E-state index contributed by atoms with van der Waals surface area (Å²) in [6, 6.07) is 21.5. The molecular formula is C31H33N3O8S2. The number of aryl methyl sites for hydroxylation is 2. The zero-order valence-corrected chi connectivity index (χ0v) is 26.5. The predicted octanol–water partition coefficient (Wildman–Crippen LogP) is 4.96. The van der Waals surface area contributed by atoms with Crippen molar-refractivity contribution < 1.29 is 35.8 Å². The van der Waals surface area contributed by atoms with Crippen LogP contribution in [0.15, 0.2) is 94.7 Å². The standard InChI is InChI=1S/C31H33N3O8S2/c1-21-6-11-24(12-7-21)34(44(38,39)26-15-17-29(41-4)30(19-26)42-5)20-31(35)32-23-9-13-25(14-10-23)43(36,37)33-27-18-22(2)8-16-28(27)40-3/h6-19,33H,20H2,1-5H3,(H,32,35). The summed E-state index contributed by atoms with van der Waals surface area (Å²) >= 11 is 0. The van der Waals surface area contributed by atoms with Crippen LogP contribution >= 0.6 is 0 Å². The van der Waals surface area contributed by atoms with Gasteiger partial charge in [-0.05, 0) is 80.1 Å². The molecule has 0 aromatic heterocycles. The average molecular weight is 640 g/mol. The summed E-state index contributed by atoms with van der Waals surface area (Å²) in [6.45, 7) is 3.13. The number of sulfonamides is 2. The number of nitrogens with zero attached hydrogens (tertiary/aromatic N) is 1. The topological polar surface area (TPSA) is 140 Å². The van der Waals surface area contributed by atoms with Gasteiger partial charge >= 0.3 is 0 Å². The van der Waals surface area contributed by atoms with Crippen molar-refractivity contribution in [2.24, 2.45) is 0 Å². The number of hydrogen-bond acceptors (Lipinski definition) is 8. The number of methoxy groups -OCH3 is 3. The van der Waals surface area contributed by atoms with Crippen molar-refractivity contribution in [2.45, 2.75) is 23.6 Å². The van der Waals surface area contributed by atoms with Crippen molar-refractivity contribution in [3.8, 4) is 17.2 Å². The maximum atomic E-state index is 13.8. The van der Waals surface area contributed by atoms with Crippen LogP contribution in [0.2, 0.25) is 0 Å². The maximum Gasteiger partial charge on any atom is 0.264 e. The Hall–Kier alpha value is -4.75. The number of amides is 1. The third-order valence-electron chi connectivity index (χ3n) is 6.60. The van der Waals surface area contributed by atoms with Crippen molar-refractivity contribution in [3.05, 3.63) is 96.1 Å². The Bertz CT molecular complexity index is 1860. The third kappa shape index (κ3) is 7.24. The second-order valence-corrected chi connectivity index (χ2v) is 13.3. The summed E-state index contributed by atoms with van der Waals surface area (Å²) in [5.74, 6) is 0.286. The number of carbonyl (C=O) groups is 1. The molecule has 0 aliphatic rings. The number of ether oxygens (including phenoxy) is 3. The molecule has 232 valence electrons. The Morgan fingerprint density at radius 2 is 1.25 bits per heavy atom. The van der Waals surface area contributed by atoms with E-state index in [1.807, 2.05) is 13.8 Å². The fraction of sp³-hybridized carbons (Fsp3) is 0.194. The highest BCUT2D eigenvalue weighted by Gasteiger charge is 2.28. The minimum absolute atomic E-state index is 0.0450. The van der Waals surface area contributed by atoms with E-state index in [4.69, 9.17) is 14.2 Å². The molecule has 0 heterocycles. The molecule has 0 unspecified atom stereocenters. The van der Waals surface area contributed by atoms with Crippen molar-refractivity contribution in [1.82, 2.24) is 0 Å². The first kappa shape index (κ1) is 32.2. The second kappa shape index (κ2) is 13.3. The molecule has 4 aromatic rings.